The van der Waals surface area contributed by atoms with Crippen LogP contribution in [0.25, 0.3) is 0 Å². The van der Waals surface area contributed by atoms with Crippen LogP contribution in [-0.4, -0.2) is 23.1 Å². The van der Waals surface area contributed by atoms with E-state index in [-0.39, 0.29) is 70.8 Å². The summed E-state index contributed by atoms with van der Waals surface area (Å²) >= 11 is 0. The third-order valence-electron chi connectivity index (χ3n) is 0. The predicted molar refractivity (Wildman–Crippen MR) is 8.24 cm³/mol. The molecule has 0 saturated heterocycles. The zero-order chi connectivity index (χ0) is 0. The number of rotatable bonds is 0. The van der Waals surface area contributed by atoms with Crippen LogP contribution in [0.2, 0.25) is 0 Å². The van der Waals surface area contributed by atoms with Crippen molar-refractivity contribution in [2.24, 2.45) is 0 Å². The first kappa shape index (κ1) is 71.6. The van der Waals surface area contributed by atoms with Crippen LogP contribution in [0.1, 0.15) is 1.43 Å². The van der Waals surface area contributed by atoms with Crippen molar-refractivity contribution in [1.29, 1.82) is 0 Å². The normalized spacial score (nSPS) is 0. The maximum atomic E-state index is 0. The monoisotopic (exact) mass is 122 g/mol. The molecule has 0 N–H and O–H groups in total. The maximum Gasteiger partial charge on any atom is 2.00 e. The Bertz CT molecular complexity index is 13.5. The molecule has 0 spiro atoms. The van der Waals surface area contributed by atoms with Crippen molar-refractivity contribution >= 4 is 23.1 Å². The van der Waals surface area contributed by atoms with E-state index in [4.69, 9.17) is 0 Å². The van der Waals surface area contributed by atoms with E-state index in [2.05, 4.69) is 0 Å². The minimum atomic E-state index is 0. The summed E-state index contributed by atoms with van der Waals surface area (Å²) in [4.78, 5) is 0. The van der Waals surface area contributed by atoms with Gasteiger partial charge in [-0.2, -0.15) is 0 Å². The molecule has 5 heavy (non-hydrogen) atoms. The Morgan fingerprint density at radius 1 is 1.00 bits per heavy atom. The van der Waals surface area contributed by atoms with E-state index in [9.17, 15) is 0 Å². The third-order valence-corrected chi connectivity index (χ3v) is 0. The molecule has 0 unspecified atom stereocenters. The molecular weight excluding hydrogens is 122 g/mol. The molecule has 0 aliphatic heterocycles. The van der Waals surface area contributed by atoms with Gasteiger partial charge in [-0.1, -0.05) is 0 Å². The maximum absolute atomic E-state index is 0. The first-order chi connectivity index (χ1) is 0. The smallest absolute Gasteiger partial charge is 2.00 e. The van der Waals surface area contributed by atoms with Crippen LogP contribution < -0.4 is 18.9 Å². The minimum Gasteiger partial charge on any atom is -2.00 e. The zero-order valence-corrected chi connectivity index (χ0v) is 5.24. The van der Waals surface area contributed by atoms with Crippen molar-refractivity contribution in [3.63, 3.8) is 0 Å². The molecule has 0 aliphatic rings. The van der Waals surface area contributed by atoms with Crippen molar-refractivity contribution in [3.05, 3.63) is 0 Å². The van der Waals surface area contributed by atoms with Crippen molar-refractivity contribution in [2.75, 3.05) is 0 Å². The van der Waals surface area contributed by atoms with Gasteiger partial charge < -0.3 is 12.4 Å². The van der Waals surface area contributed by atoms with E-state index in [1.165, 1.54) is 0 Å². The van der Waals surface area contributed by atoms with Gasteiger partial charge in [0.25, 0.3) is 0 Å². The van der Waals surface area contributed by atoms with Crippen LogP contribution >= 0.6 is 0 Å². The molecule has 0 aromatic heterocycles. The summed E-state index contributed by atoms with van der Waals surface area (Å²) < 4.78 is 0. The van der Waals surface area contributed by atoms with Crippen LogP contribution in [-0.2, 0) is 27.4 Å². The van der Waals surface area contributed by atoms with Crippen LogP contribution in [0.15, 0.2) is 0 Å². The molecule has 0 heterocycles. The second-order valence-corrected chi connectivity index (χ2v) is 0. The van der Waals surface area contributed by atoms with E-state index in [1.807, 2.05) is 0 Å². The van der Waals surface area contributed by atoms with Crippen LogP contribution in [0, 0.1) is 0 Å². The summed E-state index contributed by atoms with van der Waals surface area (Å²) in [6, 6.07) is 0. The summed E-state index contributed by atoms with van der Waals surface area (Å²) in [5.41, 5.74) is 0. The van der Waals surface area contributed by atoms with Gasteiger partial charge in [0, 0.05) is 0 Å². The van der Waals surface area contributed by atoms with Crippen molar-refractivity contribution < 1.29 is 47.7 Å². The van der Waals surface area contributed by atoms with E-state index in [0.29, 0.717) is 0 Å². The molecule has 0 aromatic carbocycles. The van der Waals surface area contributed by atoms with Gasteiger partial charge in [-0.3, -0.25) is 0 Å². The molecule has 26 valence electrons. The Balaban J connectivity index is 0. The van der Waals surface area contributed by atoms with Gasteiger partial charge in [0.15, 0.2) is 0 Å². The number of hydrogen-bond donors (Lipinski definition) is 0. The number of hydrogen-bond acceptors (Lipinski definition) is 0. The van der Waals surface area contributed by atoms with E-state index in [1.54, 1.807) is 0 Å². The molecule has 2 nitrogen and oxygen atoms in total. The fourth-order valence-electron chi connectivity index (χ4n) is 0. The largest absolute Gasteiger partial charge is 2.00 e. The van der Waals surface area contributed by atoms with Gasteiger partial charge in [0.2, 0.25) is 0 Å². The second kappa shape index (κ2) is 41.7. The fraction of sp³-hybridized carbons (Fsp3) is 0. The summed E-state index contributed by atoms with van der Waals surface area (Å²) in [5.74, 6) is 0. The van der Waals surface area contributed by atoms with Crippen molar-refractivity contribution in [3.8, 4) is 0 Å². The van der Waals surface area contributed by atoms with Crippen LogP contribution in [0.3, 0.4) is 0 Å². The van der Waals surface area contributed by atoms with Gasteiger partial charge in [-0.15, -0.1) is 0 Å². The predicted octanol–water partition coefficient (Wildman–Crippen LogP) is -3.50. The Labute approximate surface area is 70.4 Å². The van der Waals surface area contributed by atoms with E-state index < -0.39 is 0 Å². The van der Waals surface area contributed by atoms with Crippen molar-refractivity contribution in [2.45, 2.75) is 0 Å². The molecule has 0 fully saturated rings. The zero-order valence-electron chi connectivity index (χ0n) is 3.84. The van der Waals surface area contributed by atoms with Gasteiger partial charge in [0.05, 0.1) is 0 Å². The van der Waals surface area contributed by atoms with E-state index in [0.717, 1.165) is 0 Å². The van der Waals surface area contributed by atoms with Crippen LogP contribution in [0.4, 0.5) is 0 Å². The average Bonchev–Trinajstić information content (AvgIpc) is 0. The summed E-state index contributed by atoms with van der Waals surface area (Å²) in [6.07, 6.45) is 0. The van der Waals surface area contributed by atoms with Crippen LogP contribution in [0.5, 0.6) is 0 Å². The quantitative estimate of drug-likeness (QED) is 0.300. The molecule has 5 heteroatoms. The topological polar surface area (TPSA) is 57.0 Å². The summed E-state index contributed by atoms with van der Waals surface area (Å²) in [5, 5.41) is 0. The molecule has 0 saturated carbocycles. The SMILES string of the molecule is [H-].[Li+].[Mg+2].[Ni+2].[O-2].[O-2]. The Kier molecular flexibility index (Phi) is 598. The van der Waals surface area contributed by atoms with E-state index >= 15 is 0 Å². The second-order valence-electron chi connectivity index (χ2n) is 0. The third kappa shape index (κ3) is 26.1. The van der Waals surface area contributed by atoms with Gasteiger partial charge in [-0.25, -0.2) is 0 Å². The fourth-order valence-corrected chi connectivity index (χ4v) is 0. The molecule has 0 radical (unpaired) electrons. The summed E-state index contributed by atoms with van der Waals surface area (Å²) in [7, 11) is 0. The molecule has 0 bridgehead atoms. The minimum absolute atomic E-state index is 0. The molecule has 0 aromatic rings. The molecule has 0 amide bonds. The average molecular weight is 123 g/mol. The first-order valence-corrected chi connectivity index (χ1v) is 0. The summed E-state index contributed by atoms with van der Waals surface area (Å²) in [6.45, 7) is 0. The van der Waals surface area contributed by atoms with Gasteiger partial charge in [0.1, 0.15) is 0 Å². The van der Waals surface area contributed by atoms with Gasteiger partial charge in [-0.05, 0) is 0 Å². The molecule has 0 atom stereocenters. The van der Waals surface area contributed by atoms with Gasteiger partial charge >= 0.3 is 58.4 Å². The Morgan fingerprint density at radius 2 is 1.00 bits per heavy atom. The Hall–Kier alpha value is 1.78. The molecule has 0 rings (SSSR count). The molecular formula is HLiMgNiO2. The first-order valence-electron chi connectivity index (χ1n) is 0. The Morgan fingerprint density at radius 3 is 1.00 bits per heavy atom. The standard InChI is InChI=1S/Li.Mg.Ni.2O.H/q+1;2*+2;2*-2;-1. The van der Waals surface area contributed by atoms with Crippen molar-refractivity contribution in [1.82, 2.24) is 0 Å². The molecule has 0 aliphatic carbocycles.